The summed E-state index contributed by atoms with van der Waals surface area (Å²) in [7, 11) is 0. The molecule has 0 saturated carbocycles. The van der Waals surface area contributed by atoms with E-state index in [-0.39, 0.29) is 0 Å². The maximum Gasteiger partial charge on any atom is 0.175 e. The molecule has 0 radical (unpaired) electrons. The van der Waals surface area contributed by atoms with Crippen molar-refractivity contribution in [2.24, 2.45) is 0 Å². The van der Waals surface area contributed by atoms with E-state index in [0.29, 0.717) is 13.2 Å². The van der Waals surface area contributed by atoms with Crippen molar-refractivity contribution in [3.8, 4) is 11.5 Å². The Labute approximate surface area is 130 Å². The second-order valence-corrected chi connectivity index (χ2v) is 6.11. The first-order valence-electron chi connectivity index (χ1n) is 6.49. The van der Waals surface area contributed by atoms with Crippen molar-refractivity contribution in [3.05, 3.63) is 38.8 Å². The predicted octanol–water partition coefficient (Wildman–Crippen LogP) is 3.36. The van der Waals surface area contributed by atoms with Gasteiger partial charge in [-0.3, -0.25) is 0 Å². The summed E-state index contributed by atoms with van der Waals surface area (Å²) in [5, 5.41) is 5.43. The van der Waals surface area contributed by atoms with Gasteiger partial charge in [0.2, 0.25) is 0 Å². The molecule has 0 aliphatic carbocycles. The van der Waals surface area contributed by atoms with Crippen LogP contribution in [0.2, 0.25) is 0 Å². The number of nitrogens with one attached hydrogen (secondary N) is 1. The molecule has 4 nitrogen and oxygen atoms in total. The van der Waals surface area contributed by atoms with Crippen LogP contribution in [0.25, 0.3) is 0 Å². The van der Waals surface area contributed by atoms with Gasteiger partial charge in [0.15, 0.2) is 11.5 Å². The Kier molecular flexibility index (Phi) is 4.54. The van der Waals surface area contributed by atoms with Crippen LogP contribution in [0.5, 0.6) is 11.5 Å². The standard InChI is InChI=1S/C14H15BrN2O2S/c15-12-4-10(6-16-7-11-8-20-9-17-11)5-13-14(12)19-3-1-2-18-13/h4-5,8-9,16H,1-3,6-7H2. The van der Waals surface area contributed by atoms with Crippen molar-refractivity contribution in [3.63, 3.8) is 0 Å². The van der Waals surface area contributed by atoms with Crippen molar-refractivity contribution >= 4 is 27.3 Å². The van der Waals surface area contributed by atoms with E-state index in [1.807, 2.05) is 11.6 Å². The Hall–Kier alpha value is -1.11. The Morgan fingerprint density at radius 3 is 3.00 bits per heavy atom. The molecule has 106 valence electrons. The van der Waals surface area contributed by atoms with Crippen molar-refractivity contribution < 1.29 is 9.47 Å². The quantitative estimate of drug-likeness (QED) is 0.914. The molecule has 1 aliphatic rings. The fourth-order valence-electron chi connectivity index (χ4n) is 2.05. The zero-order chi connectivity index (χ0) is 13.8. The van der Waals surface area contributed by atoms with Crippen LogP contribution in [0.4, 0.5) is 0 Å². The summed E-state index contributed by atoms with van der Waals surface area (Å²) in [5.41, 5.74) is 4.08. The average Bonchev–Trinajstić information content (AvgIpc) is 2.83. The zero-order valence-corrected chi connectivity index (χ0v) is 13.3. The molecule has 3 rings (SSSR count). The molecule has 20 heavy (non-hydrogen) atoms. The largest absolute Gasteiger partial charge is 0.490 e. The molecule has 1 aromatic carbocycles. The number of halogens is 1. The third kappa shape index (κ3) is 3.31. The number of benzene rings is 1. The van der Waals surface area contributed by atoms with E-state index in [4.69, 9.17) is 9.47 Å². The third-order valence-corrected chi connectivity index (χ3v) is 4.20. The Balaban J connectivity index is 1.67. The highest BCUT2D eigenvalue weighted by Crippen LogP contribution is 2.38. The lowest BCUT2D eigenvalue weighted by Crippen LogP contribution is -2.13. The number of rotatable bonds is 4. The van der Waals surface area contributed by atoms with Crippen LogP contribution in [-0.2, 0) is 13.1 Å². The van der Waals surface area contributed by atoms with Crippen LogP contribution >= 0.6 is 27.3 Å². The van der Waals surface area contributed by atoms with E-state index in [1.54, 1.807) is 11.3 Å². The second kappa shape index (κ2) is 6.56. The summed E-state index contributed by atoms with van der Waals surface area (Å²) in [6, 6.07) is 4.11. The molecular weight excluding hydrogens is 340 g/mol. The lowest BCUT2D eigenvalue weighted by atomic mass is 10.2. The van der Waals surface area contributed by atoms with Crippen LogP contribution in [0.15, 0.2) is 27.5 Å². The molecule has 0 unspecified atom stereocenters. The fraction of sp³-hybridized carbons (Fsp3) is 0.357. The number of aromatic nitrogens is 1. The zero-order valence-electron chi connectivity index (χ0n) is 10.9. The van der Waals surface area contributed by atoms with Gasteiger partial charge in [0.25, 0.3) is 0 Å². The monoisotopic (exact) mass is 354 g/mol. The highest BCUT2D eigenvalue weighted by molar-refractivity contribution is 9.10. The highest BCUT2D eigenvalue weighted by atomic mass is 79.9. The van der Waals surface area contributed by atoms with Gasteiger partial charge in [-0.2, -0.15) is 0 Å². The van der Waals surface area contributed by atoms with E-state index in [9.17, 15) is 0 Å². The van der Waals surface area contributed by atoms with E-state index >= 15 is 0 Å². The van der Waals surface area contributed by atoms with Gasteiger partial charge in [0.1, 0.15) is 0 Å². The van der Waals surface area contributed by atoms with Crippen molar-refractivity contribution in [2.75, 3.05) is 13.2 Å². The number of ether oxygens (including phenoxy) is 2. The molecule has 0 spiro atoms. The van der Waals surface area contributed by atoms with Crippen molar-refractivity contribution in [2.45, 2.75) is 19.5 Å². The number of nitrogens with zero attached hydrogens (tertiary/aromatic N) is 1. The minimum atomic E-state index is 0.701. The molecular formula is C14H15BrN2O2S. The SMILES string of the molecule is Brc1cc(CNCc2cscn2)cc2c1OCCCO2. The maximum absolute atomic E-state index is 5.73. The predicted molar refractivity (Wildman–Crippen MR) is 82.4 cm³/mol. The summed E-state index contributed by atoms with van der Waals surface area (Å²) < 4.78 is 12.4. The van der Waals surface area contributed by atoms with Gasteiger partial charge in [-0.25, -0.2) is 4.98 Å². The third-order valence-electron chi connectivity index (χ3n) is 2.98. The first kappa shape index (κ1) is 13.9. The molecule has 2 heterocycles. The van der Waals surface area contributed by atoms with Gasteiger partial charge in [-0.1, -0.05) is 0 Å². The Morgan fingerprint density at radius 2 is 2.15 bits per heavy atom. The van der Waals surface area contributed by atoms with Crippen LogP contribution in [0, 0.1) is 0 Å². The summed E-state index contributed by atoms with van der Waals surface area (Å²) in [5.74, 6) is 1.63. The highest BCUT2D eigenvalue weighted by Gasteiger charge is 2.15. The van der Waals surface area contributed by atoms with E-state index in [2.05, 4.69) is 37.7 Å². The van der Waals surface area contributed by atoms with Crippen LogP contribution in [0.1, 0.15) is 17.7 Å². The molecule has 1 aromatic heterocycles. The molecule has 1 aliphatic heterocycles. The molecule has 6 heteroatoms. The summed E-state index contributed by atoms with van der Waals surface area (Å²) >= 11 is 5.17. The molecule has 0 amide bonds. The van der Waals surface area contributed by atoms with Gasteiger partial charge in [-0.15, -0.1) is 11.3 Å². The first-order chi connectivity index (χ1) is 9.83. The Bertz CT molecular complexity index is 575. The Morgan fingerprint density at radius 1 is 1.25 bits per heavy atom. The fourth-order valence-corrected chi connectivity index (χ4v) is 3.21. The van der Waals surface area contributed by atoms with Gasteiger partial charge in [-0.05, 0) is 33.6 Å². The molecule has 2 aromatic rings. The topological polar surface area (TPSA) is 43.4 Å². The van der Waals surface area contributed by atoms with E-state index < -0.39 is 0 Å². The molecule has 1 N–H and O–H groups in total. The van der Waals surface area contributed by atoms with E-state index in [1.165, 1.54) is 0 Å². The molecule has 0 fully saturated rings. The number of hydrogen-bond acceptors (Lipinski definition) is 5. The van der Waals surface area contributed by atoms with Crippen LogP contribution in [0.3, 0.4) is 0 Å². The number of thiazole rings is 1. The van der Waals surface area contributed by atoms with Gasteiger partial charge < -0.3 is 14.8 Å². The summed E-state index contributed by atoms with van der Waals surface area (Å²) in [6.45, 7) is 2.95. The second-order valence-electron chi connectivity index (χ2n) is 4.54. The van der Waals surface area contributed by atoms with E-state index in [0.717, 1.165) is 46.7 Å². The molecule has 0 bridgehead atoms. The van der Waals surface area contributed by atoms with Crippen molar-refractivity contribution in [1.29, 1.82) is 0 Å². The minimum absolute atomic E-state index is 0.701. The summed E-state index contributed by atoms with van der Waals surface area (Å²) in [4.78, 5) is 4.25. The van der Waals surface area contributed by atoms with Gasteiger partial charge in [0.05, 0.1) is 28.9 Å². The minimum Gasteiger partial charge on any atom is -0.490 e. The maximum atomic E-state index is 5.73. The molecule has 0 atom stereocenters. The lowest BCUT2D eigenvalue weighted by molar-refractivity contribution is 0.296. The van der Waals surface area contributed by atoms with Gasteiger partial charge >= 0.3 is 0 Å². The van der Waals surface area contributed by atoms with Crippen LogP contribution < -0.4 is 14.8 Å². The normalized spacial score (nSPS) is 14.1. The van der Waals surface area contributed by atoms with Gasteiger partial charge in [0, 0.05) is 24.9 Å². The summed E-state index contributed by atoms with van der Waals surface area (Å²) in [6.07, 6.45) is 0.915. The molecule has 0 saturated heterocycles. The van der Waals surface area contributed by atoms with Crippen molar-refractivity contribution in [1.82, 2.24) is 10.3 Å². The average molecular weight is 355 g/mol. The first-order valence-corrected chi connectivity index (χ1v) is 8.22. The number of hydrogen-bond donors (Lipinski definition) is 1. The lowest BCUT2D eigenvalue weighted by Gasteiger charge is -2.12. The van der Waals surface area contributed by atoms with Crippen LogP contribution in [-0.4, -0.2) is 18.2 Å². The number of fused-ring (bicyclic) bond motifs is 1. The smallest absolute Gasteiger partial charge is 0.175 e.